The molecular formula is C16H24N2O2. The molecule has 2 rings (SSSR count). The number of fused-ring (bicyclic) bond motifs is 1. The van der Waals surface area contributed by atoms with Crippen molar-refractivity contribution in [3.05, 3.63) is 23.8 Å². The number of nitrogens with zero attached hydrogens (tertiary/aromatic N) is 1. The van der Waals surface area contributed by atoms with Crippen LogP contribution in [0.25, 0.3) is 0 Å². The smallest absolute Gasteiger partial charge is 0.243 e. The molecule has 0 aliphatic carbocycles. The van der Waals surface area contributed by atoms with Gasteiger partial charge in [0.2, 0.25) is 5.91 Å². The number of rotatable bonds is 4. The average molecular weight is 276 g/mol. The summed E-state index contributed by atoms with van der Waals surface area (Å²) in [5.74, 6) is 1.29. The van der Waals surface area contributed by atoms with Gasteiger partial charge in [-0.2, -0.15) is 0 Å². The summed E-state index contributed by atoms with van der Waals surface area (Å²) in [5.41, 5.74) is 8.20. The molecule has 110 valence electrons. The van der Waals surface area contributed by atoms with Gasteiger partial charge in [-0.15, -0.1) is 0 Å². The Balaban J connectivity index is 2.21. The lowest BCUT2D eigenvalue weighted by Gasteiger charge is -2.32. The molecule has 4 heteroatoms. The largest absolute Gasteiger partial charge is 0.497 e. The molecule has 0 fully saturated rings. The number of anilines is 1. The zero-order chi connectivity index (χ0) is 14.7. The number of carbonyl (C=O) groups is 1. The molecule has 1 aliphatic heterocycles. The van der Waals surface area contributed by atoms with Gasteiger partial charge in [-0.05, 0) is 48.9 Å². The van der Waals surface area contributed by atoms with Crippen LogP contribution in [0.2, 0.25) is 0 Å². The predicted molar refractivity (Wildman–Crippen MR) is 81.1 cm³/mol. The molecule has 0 aromatic heterocycles. The third kappa shape index (κ3) is 3.12. The first kappa shape index (κ1) is 14.9. The molecular weight excluding hydrogens is 252 g/mol. The maximum atomic E-state index is 12.5. The van der Waals surface area contributed by atoms with E-state index in [1.54, 1.807) is 7.11 Å². The molecule has 0 radical (unpaired) electrons. The van der Waals surface area contributed by atoms with E-state index in [4.69, 9.17) is 10.5 Å². The topological polar surface area (TPSA) is 55.6 Å². The zero-order valence-electron chi connectivity index (χ0n) is 12.6. The minimum atomic E-state index is -0.414. The maximum absolute atomic E-state index is 12.5. The van der Waals surface area contributed by atoms with Crippen molar-refractivity contribution in [3.8, 4) is 5.75 Å². The summed E-state index contributed by atoms with van der Waals surface area (Å²) < 4.78 is 5.25. The summed E-state index contributed by atoms with van der Waals surface area (Å²) in [6.07, 6.45) is 2.68. The molecule has 2 N–H and O–H groups in total. The van der Waals surface area contributed by atoms with Crippen LogP contribution in [0.4, 0.5) is 5.69 Å². The fraction of sp³-hybridized carbons (Fsp3) is 0.562. The fourth-order valence-electron chi connectivity index (χ4n) is 2.74. The summed E-state index contributed by atoms with van der Waals surface area (Å²) in [4.78, 5) is 14.4. The molecule has 0 bridgehead atoms. The number of methoxy groups -OCH3 is 1. The van der Waals surface area contributed by atoms with Gasteiger partial charge in [-0.3, -0.25) is 4.79 Å². The molecule has 0 saturated carbocycles. The molecule has 1 aromatic rings. The van der Waals surface area contributed by atoms with E-state index in [0.29, 0.717) is 5.92 Å². The van der Waals surface area contributed by atoms with E-state index >= 15 is 0 Å². The fourth-order valence-corrected chi connectivity index (χ4v) is 2.74. The van der Waals surface area contributed by atoms with E-state index in [-0.39, 0.29) is 5.91 Å². The number of benzene rings is 1. The van der Waals surface area contributed by atoms with Crippen LogP contribution in [0.1, 0.15) is 32.3 Å². The Bertz CT molecular complexity index is 485. The SMILES string of the molecule is COc1ccc2c(c1)CCCN2C(=O)C(N)CC(C)C. The molecule has 0 spiro atoms. The van der Waals surface area contributed by atoms with Crippen LogP contribution >= 0.6 is 0 Å². The van der Waals surface area contributed by atoms with Crippen molar-refractivity contribution < 1.29 is 9.53 Å². The van der Waals surface area contributed by atoms with Gasteiger partial charge in [0, 0.05) is 12.2 Å². The standard InChI is InChI=1S/C16H24N2O2/c1-11(2)9-14(17)16(19)18-8-4-5-12-10-13(20-3)6-7-15(12)18/h6-7,10-11,14H,4-5,8-9,17H2,1-3H3. The lowest BCUT2D eigenvalue weighted by Crippen LogP contribution is -2.46. The van der Waals surface area contributed by atoms with Crippen molar-refractivity contribution in [2.75, 3.05) is 18.6 Å². The Kier molecular flexibility index (Phi) is 4.65. The number of hydrogen-bond acceptors (Lipinski definition) is 3. The van der Waals surface area contributed by atoms with Gasteiger partial charge in [0.05, 0.1) is 13.2 Å². The Morgan fingerprint density at radius 3 is 2.85 bits per heavy atom. The first-order chi connectivity index (χ1) is 9.52. The summed E-state index contributed by atoms with van der Waals surface area (Å²) >= 11 is 0. The van der Waals surface area contributed by atoms with Crippen LogP contribution in [-0.2, 0) is 11.2 Å². The van der Waals surface area contributed by atoms with Crippen LogP contribution in [-0.4, -0.2) is 25.6 Å². The third-order valence-corrected chi connectivity index (χ3v) is 3.71. The highest BCUT2D eigenvalue weighted by Gasteiger charge is 2.27. The van der Waals surface area contributed by atoms with E-state index in [1.807, 2.05) is 23.1 Å². The van der Waals surface area contributed by atoms with E-state index in [1.165, 1.54) is 5.56 Å². The molecule has 1 aliphatic rings. The first-order valence-corrected chi connectivity index (χ1v) is 7.26. The van der Waals surface area contributed by atoms with E-state index in [0.717, 1.165) is 37.2 Å². The summed E-state index contributed by atoms with van der Waals surface area (Å²) in [5, 5.41) is 0. The van der Waals surface area contributed by atoms with Crippen molar-refractivity contribution in [2.45, 2.75) is 39.2 Å². The minimum Gasteiger partial charge on any atom is -0.497 e. The zero-order valence-corrected chi connectivity index (χ0v) is 12.6. The minimum absolute atomic E-state index is 0.0322. The Hall–Kier alpha value is -1.55. The van der Waals surface area contributed by atoms with Crippen LogP contribution in [0.5, 0.6) is 5.75 Å². The van der Waals surface area contributed by atoms with Crippen LogP contribution in [0.15, 0.2) is 18.2 Å². The maximum Gasteiger partial charge on any atom is 0.243 e. The van der Waals surface area contributed by atoms with Crippen molar-refractivity contribution in [1.82, 2.24) is 0 Å². The van der Waals surface area contributed by atoms with Gasteiger partial charge in [0.25, 0.3) is 0 Å². The number of amides is 1. The Morgan fingerprint density at radius 2 is 2.20 bits per heavy atom. The summed E-state index contributed by atoms with van der Waals surface area (Å²) in [7, 11) is 1.66. The van der Waals surface area contributed by atoms with Gasteiger partial charge in [-0.25, -0.2) is 0 Å². The molecule has 4 nitrogen and oxygen atoms in total. The second-order valence-electron chi connectivity index (χ2n) is 5.82. The monoisotopic (exact) mass is 276 g/mol. The average Bonchev–Trinajstić information content (AvgIpc) is 2.44. The van der Waals surface area contributed by atoms with Gasteiger partial charge < -0.3 is 15.4 Å². The normalized spacial score (nSPS) is 15.9. The molecule has 0 saturated heterocycles. The summed E-state index contributed by atoms with van der Waals surface area (Å²) in [6, 6.07) is 5.47. The van der Waals surface area contributed by atoms with Gasteiger partial charge in [0.1, 0.15) is 5.75 Å². The molecule has 1 amide bonds. The molecule has 1 atom stereocenters. The van der Waals surface area contributed by atoms with E-state index in [2.05, 4.69) is 13.8 Å². The molecule has 1 heterocycles. The number of nitrogens with two attached hydrogens (primary N) is 1. The van der Waals surface area contributed by atoms with Gasteiger partial charge in [-0.1, -0.05) is 13.8 Å². The lowest BCUT2D eigenvalue weighted by atomic mass is 9.98. The van der Waals surface area contributed by atoms with Crippen molar-refractivity contribution >= 4 is 11.6 Å². The second-order valence-corrected chi connectivity index (χ2v) is 5.82. The highest BCUT2D eigenvalue weighted by molar-refractivity contribution is 5.98. The lowest BCUT2D eigenvalue weighted by molar-refractivity contribution is -0.120. The van der Waals surface area contributed by atoms with Crippen molar-refractivity contribution in [3.63, 3.8) is 0 Å². The second kappa shape index (κ2) is 6.27. The van der Waals surface area contributed by atoms with Gasteiger partial charge in [0.15, 0.2) is 0 Å². The van der Waals surface area contributed by atoms with Crippen molar-refractivity contribution in [2.24, 2.45) is 11.7 Å². The highest BCUT2D eigenvalue weighted by Crippen LogP contribution is 2.31. The number of carbonyl (C=O) groups excluding carboxylic acids is 1. The Labute approximate surface area is 120 Å². The first-order valence-electron chi connectivity index (χ1n) is 7.26. The van der Waals surface area contributed by atoms with E-state index < -0.39 is 6.04 Å². The predicted octanol–water partition coefficient (Wildman–Crippen LogP) is 2.35. The number of aryl methyl sites for hydroxylation is 1. The summed E-state index contributed by atoms with van der Waals surface area (Å²) in [6.45, 7) is 4.92. The van der Waals surface area contributed by atoms with Crippen LogP contribution in [0, 0.1) is 5.92 Å². The molecule has 1 unspecified atom stereocenters. The highest BCUT2D eigenvalue weighted by atomic mass is 16.5. The Morgan fingerprint density at radius 1 is 1.45 bits per heavy atom. The van der Waals surface area contributed by atoms with E-state index in [9.17, 15) is 4.79 Å². The molecule has 20 heavy (non-hydrogen) atoms. The van der Waals surface area contributed by atoms with Gasteiger partial charge >= 0.3 is 0 Å². The quantitative estimate of drug-likeness (QED) is 0.918. The van der Waals surface area contributed by atoms with Crippen molar-refractivity contribution in [1.29, 1.82) is 0 Å². The third-order valence-electron chi connectivity index (χ3n) is 3.71. The molecule has 1 aromatic carbocycles. The van der Waals surface area contributed by atoms with Crippen LogP contribution < -0.4 is 15.4 Å². The number of hydrogen-bond donors (Lipinski definition) is 1. The van der Waals surface area contributed by atoms with Crippen LogP contribution in [0.3, 0.4) is 0 Å². The number of ether oxygens (including phenoxy) is 1.